The van der Waals surface area contributed by atoms with Gasteiger partial charge in [-0.15, -0.1) is 11.8 Å². The highest BCUT2D eigenvalue weighted by molar-refractivity contribution is 9.10. The number of benzene rings is 3. The fourth-order valence-corrected chi connectivity index (χ4v) is 5.47. The Morgan fingerprint density at radius 1 is 0.885 bits per heavy atom. The van der Waals surface area contributed by atoms with Crippen molar-refractivity contribution >= 4 is 44.9 Å². The van der Waals surface area contributed by atoms with E-state index in [9.17, 15) is 4.79 Å². The minimum atomic E-state index is -0.265. The maximum absolute atomic E-state index is 13.3. The van der Waals surface area contributed by atoms with Gasteiger partial charge in [0.2, 0.25) is 0 Å². The molecule has 1 aliphatic heterocycles. The molecule has 1 aliphatic carbocycles. The summed E-state index contributed by atoms with van der Waals surface area (Å²) in [5.41, 5.74) is 4.74. The Morgan fingerprint density at radius 3 is 2.50 bits per heavy atom. The summed E-state index contributed by atoms with van der Waals surface area (Å²) in [5.74, 6) is -0.0938. The van der Waals surface area contributed by atoms with Gasteiger partial charge in [0.1, 0.15) is 0 Å². The van der Waals surface area contributed by atoms with Gasteiger partial charge in [-0.25, -0.2) is 0 Å². The zero-order valence-corrected chi connectivity index (χ0v) is 16.1. The predicted molar refractivity (Wildman–Crippen MR) is 110 cm³/mol. The second-order valence-corrected chi connectivity index (χ2v) is 8.54. The lowest BCUT2D eigenvalue weighted by Gasteiger charge is -2.21. The molecule has 2 atom stereocenters. The summed E-state index contributed by atoms with van der Waals surface area (Å²) in [6.45, 7) is 0. The summed E-state index contributed by atoms with van der Waals surface area (Å²) in [4.78, 5) is 19.4. The van der Waals surface area contributed by atoms with Gasteiger partial charge in [0.15, 0.2) is 5.78 Å². The Bertz CT molecular complexity index is 1070. The van der Waals surface area contributed by atoms with Crippen LogP contribution in [0.4, 0.5) is 5.69 Å². The van der Waals surface area contributed by atoms with Crippen molar-refractivity contribution in [2.24, 2.45) is 10.9 Å². The fraction of sp³-hybridized carbons (Fsp3) is 0.0909. The Morgan fingerprint density at radius 2 is 1.65 bits per heavy atom. The van der Waals surface area contributed by atoms with Crippen molar-refractivity contribution < 1.29 is 4.79 Å². The molecule has 3 aromatic carbocycles. The average molecular weight is 420 g/mol. The van der Waals surface area contributed by atoms with Gasteiger partial charge in [-0.2, -0.15) is 0 Å². The monoisotopic (exact) mass is 419 g/mol. The summed E-state index contributed by atoms with van der Waals surface area (Å²) in [6, 6.07) is 24.2. The molecule has 0 fully saturated rings. The zero-order chi connectivity index (χ0) is 17.7. The molecule has 126 valence electrons. The molecule has 0 amide bonds. The minimum Gasteiger partial charge on any atom is -0.293 e. The Hall–Kier alpha value is -2.17. The van der Waals surface area contributed by atoms with Crippen molar-refractivity contribution in [2.75, 3.05) is 0 Å². The molecule has 26 heavy (non-hydrogen) atoms. The number of carbonyl (C=O) groups is 1. The lowest BCUT2D eigenvalue weighted by atomic mass is 9.93. The lowest BCUT2D eigenvalue weighted by molar-refractivity contribution is 0.0960. The molecule has 0 aromatic heterocycles. The minimum absolute atomic E-state index is 0.00481. The van der Waals surface area contributed by atoms with Crippen LogP contribution in [0.1, 0.15) is 26.7 Å². The van der Waals surface area contributed by atoms with Gasteiger partial charge in [0, 0.05) is 20.5 Å². The van der Waals surface area contributed by atoms with Gasteiger partial charge in [-0.05, 0) is 29.8 Å². The Kier molecular flexibility index (Phi) is 3.84. The zero-order valence-electron chi connectivity index (χ0n) is 13.7. The lowest BCUT2D eigenvalue weighted by Crippen LogP contribution is -2.21. The highest BCUT2D eigenvalue weighted by Gasteiger charge is 2.44. The van der Waals surface area contributed by atoms with Gasteiger partial charge in [0.25, 0.3) is 0 Å². The van der Waals surface area contributed by atoms with Crippen LogP contribution in [0.5, 0.6) is 0 Å². The molecule has 0 saturated carbocycles. The maximum atomic E-state index is 13.3. The van der Waals surface area contributed by atoms with Crippen LogP contribution < -0.4 is 0 Å². The molecule has 5 rings (SSSR count). The molecule has 3 aromatic rings. The number of hydrogen-bond donors (Lipinski definition) is 0. The molecule has 0 spiro atoms. The van der Waals surface area contributed by atoms with E-state index >= 15 is 0 Å². The maximum Gasteiger partial charge on any atom is 0.174 e. The Labute approximate surface area is 164 Å². The molecule has 2 aliphatic rings. The number of halogens is 1. The van der Waals surface area contributed by atoms with Gasteiger partial charge in [-0.1, -0.05) is 64.5 Å². The van der Waals surface area contributed by atoms with Crippen LogP contribution in [-0.2, 0) is 0 Å². The second-order valence-electron chi connectivity index (χ2n) is 6.45. The third-order valence-electron chi connectivity index (χ3n) is 4.89. The number of para-hydroxylation sites is 1. The SMILES string of the molecule is O=C1c2ccccc2C2=Nc3ccccc3S[C@@H](c3cccc(Br)c3)[C@H]12. The van der Waals surface area contributed by atoms with Crippen molar-refractivity contribution in [3.63, 3.8) is 0 Å². The highest BCUT2D eigenvalue weighted by atomic mass is 79.9. The molecule has 0 unspecified atom stereocenters. The number of thioether (sulfide) groups is 1. The van der Waals surface area contributed by atoms with Crippen LogP contribution in [0.15, 0.2) is 87.2 Å². The van der Waals surface area contributed by atoms with Crippen LogP contribution in [0.25, 0.3) is 0 Å². The number of hydrogen-bond acceptors (Lipinski definition) is 3. The van der Waals surface area contributed by atoms with E-state index in [-0.39, 0.29) is 17.0 Å². The summed E-state index contributed by atoms with van der Waals surface area (Å²) >= 11 is 5.31. The Balaban J connectivity index is 1.76. The van der Waals surface area contributed by atoms with Crippen LogP contribution >= 0.6 is 27.7 Å². The average Bonchev–Trinajstić information content (AvgIpc) is 2.83. The summed E-state index contributed by atoms with van der Waals surface area (Å²) in [7, 11) is 0. The number of ketones is 1. The first-order valence-electron chi connectivity index (χ1n) is 8.46. The molecule has 1 heterocycles. The van der Waals surface area contributed by atoms with Crippen LogP contribution in [0.3, 0.4) is 0 Å². The molecule has 0 N–H and O–H groups in total. The van der Waals surface area contributed by atoms with E-state index in [0.29, 0.717) is 0 Å². The van der Waals surface area contributed by atoms with Crippen molar-refractivity contribution in [1.82, 2.24) is 0 Å². The van der Waals surface area contributed by atoms with Gasteiger partial charge >= 0.3 is 0 Å². The summed E-state index contributed by atoms with van der Waals surface area (Å²) < 4.78 is 1.02. The molecule has 0 saturated heterocycles. The predicted octanol–water partition coefficient (Wildman–Crippen LogP) is 6.23. The third kappa shape index (κ3) is 2.48. The van der Waals surface area contributed by atoms with E-state index in [4.69, 9.17) is 4.99 Å². The van der Waals surface area contributed by atoms with Gasteiger partial charge < -0.3 is 0 Å². The smallest absolute Gasteiger partial charge is 0.174 e. The highest BCUT2D eigenvalue weighted by Crippen LogP contribution is 2.51. The van der Waals surface area contributed by atoms with E-state index < -0.39 is 0 Å². The van der Waals surface area contributed by atoms with E-state index in [1.54, 1.807) is 11.8 Å². The third-order valence-corrected chi connectivity index (χ3v) is 6.78. The molecule has 0 bridgehead atoms. The van der Waals surface area contributed by atoms with Crippen molar-refractivity contribution in [2.45, 2.75) is 10.1 Å². The van der Waals surface area contributed by atoms with E-state index in [1.807, 2.05) is 54.6 Å². The largest absolute Gasteiger partial charge is 0.293 e. The quantitative estimate of drug-likeness (QED) is 0.467. The summed E-state index contributed by atoms with van der Waals surface area (Å²) in [6.07, 6.45) is 0. The molecule has 4 heteroatoms. The van der Waals surface area contributed by atoms with E-state index in [1.165, 1.54) is 0 Å². The van der Waals surface area contributed by atoms with Crippen LogP contribution in [0, 0.1) is 5.92 Å². The number of nitrogens with zero attached hydrogens (tertiary/aromatic N) is 1. The summed E-state index contributed by atoms with van der Waals surface area (Å²) in [5, 5.41) is -0.00481. The normalized spacial score (nSPS) is 20.7. The molecular formula is C22H14BrNOS. The van der Waals surface area contributed by atoms with E-state index in [2.05, 4.69) is 34.1 Å². The van der Waals surface area contributed by atoms with Crippen molar-refractivity contribution in [1.29, 1.82) is 0 Å². The van der Waals surface area contributed by atoms with Crippen molar-refractivity contribution in [3.8, 4) is 0 Å². The molecular weight excluding hydrogens is 406 g/mol. The second kappa shape index (κ2) is 6.22. The number of carbonyl (C=O) groups excluding carboxylic acids is 1. The fourth-order valence-electron chi connectivity index (χ4n) is 3.72. The first-order valence-corrected chi connectivity index (χ1v) is 10.1. The topological polar surface area (TPSA) is 29.4 Å². The number of Topliss-reactive ketones (excluding diaryl/α,β-unsaturated/α-hetero) is 1. The first-order chi connectivity index (χ1) is 12.7. The molecule has 0 radical (unpaired) electrons. The van der Waals surface area contributed by atoms with Gasteiger partial charge in [-0.3, -0.25) is 9.79 Å². The van der Waals surface area contributed by atoms with Crippen molar-refractivity contribution in [3.05, 3.63) is 94.0 Å². The standard InChI is InChI=1S/C22H14BrNOS/c23-14-7-5-6-13(12-14)22-19-20(15-8-1-2-9-16(15)21(19)25)24-17-10-3-4-11-18(17)26-22/h1-12,19,22H/t19-,22-/m0/s1. The first kappa shape index (κ1) is 16.0. The van der Waals surface area contributed by atoms with E-state index in [0.717, 1.165) is 37.5 Å². The molecule has 2 nitrogen and oxygen atoms in total. The number of aliphatic imine (C=N–C) groups is 1. The number of fused-ring (bicyclic) bond motifs is 4. The number of rotatable bonds is 1. The van der Waals surface area contributed by atoms with Crippen LogP contribution in [0.2, 0.25) is 0 Å². The van der Waals surface area contributed by atoms with Gasteiger partial charge in [0.05, 0.1) is 22.6 Å². The van der Waals surface area contributed by atoms with Crippen LogP contribution in [-0.4, -0.2) is 11.5 Å².